The summed E-state index contributed by atoms with van der Waals surface area (Å²) in [5, 5.41) is 10.1. The summed E-state index contributed by atoms with van der Waals surface area (Å²) in [5.41, 5.74) is 0.502. The van der Waals surface area contributed by atoms with Crippen molar-refractivity contribution in [2.45, 2.75) is 38.7 Å². The van der Waals surface area contributed by atoms with Gasteiger partial charge in [0.25, 0.3) is 0 Å². The molecule has 0 saturated carbocycles. The van der Waals surface area contributed by atoms with Crippen molar-refractivity contribution in [2.24, 2.45) is 5.92 Å². The van der Waals surface area contributed by atoms with Gasteiger partial charge >= 0.3 is 0 Å². The molecule has 104 valence electrons. The van der Waals surface area contributed by atoms with Gasteiger partial charge in [-0.2, -0.15) is 0 Å². The van der Waals surface area contributed by atoms with Gasteiger partial charge in [-0.1, -0.05) is 6.92 Å². The van der Waals surface area contributed by atoms with Gasteiger partial charge < -0.3 is 10.0 Å². The summed E-state index contributed by atoms with van der Waals surface area (Å²) in [6.45, 7) is 5.17. The van der Waals surface area contributed by atoms with Gasteiger partial charge in [-0.15, -0.1) is 0 Å². The van der Waals surface area contributed by atoms with Gasteiger partial charge in [0.05, 0.1) is 5.60 Å². The minimum atomic E-state index is -0.637. The van der Waals surface area contributed by atoms with Crippen molar-refractivity contribution >= 4 is 5.91 Å². The zero-order valence-corrected chi connectivity index (χ0v) is 11.7. The SMILES string of the molecule is C[C@@H]1CN(C(=O)CCc2ccncc2)CC[C@]1(C)O. The first kappa shape index (κ1) is 14.0. The predicted octanol–water partition coefficient (Wildman–Crippen LogP) is 1.63. The van der Waals surface area contributed by atoms with Crippen LogP contribution in [0.3, 0.4) is 0 Å². The van der Waals surface area contributed by atoms with E-state index in [0.717, 1.165) is 12.0 Å². The average molecular weight is 262 g/mol. The second kappa shape index (κ2) is 5.70. The predicted molar refractivity (Wildman–Crippen MR) is 73.5 cm³/mol. The highest BCUT2D eigenvalue weighted by Crippen LogP contribution is 2.27. The maximum atomic E-state index is 12.2. The zero-order valence-electron chi connectivity index (χ0n) is 11.7. The highest BCUT2D eigenvalue weighted by atomic mass is 16.3. The molecule has 0 radical (unpaired) electrons. The van der Waals surface area contributed by atoms with E-state index in [9.17, 15) is 9.90 Å². The van der Waals surface area contributed by atoms with E-state index in [1.807, 2.05) is 30.9 Å². The van der Waals surface area contributed by atoms with E-state index < -0.39 is 5.60 Å². The van der Waals surface area contributed by atoms with Gasteiger partial charge in [-0.3, -0.25) is 9.78 Å². The molecule has 1 aromatic heterocycles. The highest BCUT2D eigenvalue weighted by molar-refractivity contribution is 5.76. The Morgan fingerprint density at radius 1 is 1.53 bits per heavy atom. The Bertz CT molecular complexity index is 431. The average Bonchev–Trinajstić information content (AvgIpc) is 2.40. The van der Waals surface area contributed by atoms with Gasteiger partial charge in [0.1, 0.15) is 0 Å². The second-order valence-corrected chi connectivity index (χ2v) is 5.70. The van der Waals surface area contributed by atoms with E-state index in [1.54, 1.807) is 12.4 Å². The molecule has 0 aliphatic carbocycles. The van der Waals surface area contributed by atoms with Crippen LogP contribution >= 0.6 is 0 Å². The van der Waals surface area contributed by atoms with Crippen LogP contribution in [-0.4, -0.2) is 39.6 Å². The maximum absolute atomic E-state index is 12.2. The molecule has 1 aliphatic rings. The molecular formula is C15H22N2O2. The summed E-state index contributed by atoms with van der Waals surface area (Å²) in [6.07, 6.45) is 5.44. The summed E-state index contributed by atoms with van der Waals surface area (Å²) in [4.78, 5) is 18.0. The Kier molecular flexibility index (Phi) is 4.20. The topological polar surface area (TPSA) is 53.4 Å². The number of carbonyl (C=O) groups excluding carboxylic acids is 1. The van der Waals surface area contributed by atoms with Crippen molar-refractivity contribution in [1.82, 2.24) is 9.88 Å². The molecule has 0 unspecified atom stereocenters. The molecule has 19 heavy (non-hydrogen) atoms. The van der Waals surface area contributed by atoms with Crippen molar-refractivity contribution in [3.05, 3.63) is 30.1 Å². The van der Waals surface area contributed by atoms with Crippen LogP contribution in [0.2, 0.25) is 0 Å². The standard InChI is InChI=1S/C15H22N2O2/c1-12-11-17(10-7-15(12,2)19)14(18)4-3-13-5-8-16-9-6-13/h5-6,8-9,12,19H,3-4,7,10-11H2,1-2H3/t12-,15+/m1/s1. The molecule has 1 aliphatic heterocycles. The third-order valence-electron chi connectivity index (χ3n) is 4.17. The van der Waals surface area contributed by atoms with E-state index in [1.165, 1.54) is 0 Å². The molecule has 1 aromatic rings. The summed E-state index contributed by atoms with van der Waals surface area (Å²) >= 11 is 0. The molecule has 2 atom stereocenters. The Balaban J connectivity index is 1.84. The fourth-order valence-corrected chi connectivity index (χ4v) is 2.41. The van der Waals surface area contributed by atoms with Crippen LogP contribution < -0.4 is 0 Å². The number of hydrogen-bond acceptors (Lipinski definition) is 3. The molecule has 0 spiro atoms. The van der Waals surface area contributed by atoms with Gasteiger partial charge in [-0.25, -0.2) is 0 Å². The Morgan fingerprint density at radius 2 is 2.21 bits per heavy atom. The van der Waals surface area contributed by atoms with Crippen LogP contribution in [0.5, 0.6) is 0 Å². The Morgan fingerprint density at radius 3 is 2.84 bits per heavy atom. The van der Waals surface area contributed by atoms with Crippen LogP contribution in [0.25, 0.3) is 0 Å². The van der Waals surface area contributed by atoms with Gasteiger partial charge in [0, 0.05) is 37.8 Å². The highest BCUT2D eigenvalue weighted by Gasteiger charge is 2.35. The lowest BCUT2D eigenvalue weighted by molar-refractivity contribution is -0.138. The quantitative estimate of drug-likeness (QED) is 0.901. The minimum absolute atomic E-state index is 0.131. The maximum Gasteiger partial charge on any atom is 0.222 e. The smallest absolute Gasteiger partial charge is 0.222 e. The van der Waals surface area contributed by atoms with Crippen molar-refractivity contribution < 1.29 is 9.90 Å². The van der Waals surface area contributed by atoms with Crippen molar-refractivity contribution in [3.63, 3.8) is 0 Å². The first-order valence-corrected chi connectivity index (χ1v) is 6.88. The molecule has 0 aromatic carbocycles. The van der Waals surface area contributed by atoms with Crippen molar-refractivity contribution in [2.75, 3.05) is 13.1 Å². The minimum Gasteiger partial charge on any atom is -0.390 e. The number of nitrogens with zero attached hydrogens (tertiary/aromatic N) is 2. The van der Waals surface area contributed by atoms with Crippen LogP contribution in [0.1, 0.15) is 32.3 Å². The molecule has 0 bridgehead atoms. The number of hydrogen-bond donors (Lipinski definition) is 1. The number of aliphatic hydroxyl groups is 1. The van der Waals surface area contributed by atoms with E-state index in [0.29, 0.717) is 25.9 Å². The third-order valence-corrected chi connectivity index (χ3v) is 4.17. The summed E-state index contributed by atoms with van der Waals surface area (Å²) in [6, 6.07) is 3.88. The lowest BCUT2D eigenvalue weighted by Gasteiger charge is -2.41. The molecule has 2 heterocycles. The van der Waals surface area contributed by atoms with Gasteiger partial charge in [-0.05, 0) is 37.5 Å². The molecule has 2 rings (SSSR count). The molecule has 1 N–H and O–H groups in total. The fraction of sp³-hybridized carbons (Fsp3) is 0.600. The molecule has 1 saturated heterocycles. The lowest BCUT2D eigenvalue weighted by atomic mass is 9.84. The summed E-state index contributed by atoms with van der Waals surface area (Å²) in [5.74, 6) is 0.310. The first-order valence-electron chi connectivity index (χ1n) is 6.88. The molecular weight excluding hydrogens is 240 g/mol. The van der Waals surface area contributed by atoms with Crippen LogP contribution in [0.4, 0.5) is 0 Å². The molecule has 1 amide bonds. The number of rotatable bonds is 3. The zero-order chi connectivity index (χ0) is 13.9. The third kappa shape index (κ3) is 3.53. The summed E-state index contributed by atoms with van der Waals surface area (Å²) in [7, 11) is 0. The monoisotopic (exact) mass is 262 g/mol. The summed E-state index contributed by atoms with van der Waals surface area (Å²) < 4.78 is 0. The molecule has 4 nitrogen and oxygen atoms in total. The molecule has 4 heteroatoms. The second-order valence-electron chi connectivity index (χ2n) is 5.70. The number of amides is 1. The number of piperidine rings is 1. The Labute approximate surface area is 114 Å². The number of carbonyl (C=O) groups is 1. The van der Waals surface area contributed by atoms with E-state index >= 15 is 0 Å². The van der Waals surface area contributed by atoms with E-state index in [4.69, 9.17) is 0 Å². The fourth-order valence-electron chi connectivity index (χ4n) is 2.41. The lowest BCUT2D eigenvalue weighted by Crippen LogP contribution is -2.50. The Hall–Kier alpha value is -1.42. The normalized spacial score (nSPS) is 27.3. The van der Waals surface area contributed by atoms with Crippen LogP contribution in [-0.2, 0) is 11.2 Å². The van der Waals surface area contributed by atoms with Crippen LogP contribution in [0, 0.1) is 5.92 Å². The van der Waals surface area contributed by atoms with Crippen LogP contribution in [0.15, 0.2) is 24.5 Å². The van der Waals surface area contributed by atoms with Gasteiger partial charge in [0.15, 0.2) is 0 Å². The number of aryl methyl sites for hydroxylation is 1. The van der Waals surface area contributed by atoms with E-state index in [2.05, 4.69) is 4.98 Å². The van der Waals surface area contributed by atoms with E-state index in [-0.39, 0.29) is 11.8 Å². The van der Waals surface area contributed by atoms with Crippen molar-refractivity contribution in [3.8, 4) is 0 Å². The van der Waals surface area contributed by atoms with Crippen molar-refractivity contribution in [1.29, 1.82) is 0 Å². The molecule has 1 fully saturated rings. The first-order chi connectivity index (χ1) is 8.99. The number of aromatic nitrogens is 1. The number of likely N-dealkylation sites (tertiary alicyclic amines) is 1. The largest absolute Gasteiger partial charge is 0.390 e. The van der Waals surface area contributed by atoms with Gasteiger partial charge in [0.2, 0.25) is 5.91 Å². The number of pyridine rings is 1.